The molecular weight excluding hydrogens is 156 g/mol. The molecule has 1 aromatic heterocycles. The Bertz CT molecular complexity index is 211. The molecule has 0 aliphatic carbocycles. The second-order valence-corrected chi connectivity index (χ2v) is 2.81. The summed E-state index contributed by atoms with van der Waals surface area (Å²) in [5, 5.41) is 15.7. The number of nitrogens with zero attached hydrogens (tertiary/aromatic N) is 1. The maximum absolute atomic E-state index is 9.42. The molecule has 0 radical (unpaired) electrons. The van der Waals surface area contributed by atoms with Gasteiger partial charge in [-0.3, -0.25) is 0 Å². The van der Waals surface area contributed by atoms with E-state index in [1.165, 1.54) is 0 Å². The van der Waals surface area contributed by atoms with Gasteiger partial charge in [-0.05, 0) is 6.42 Å². The Morgan fingerprint density at radius 1 is 1.75 bits per heavy atom. The maximum atomic E-state index is 9.42. The van der Waals surface area contributed by atoms with Crippen LogP contribution in [0.4, 0.5) is 0 Å². The molecule has 0 aromatic carbocycles. The molecule has 4 heteroatoms. The first kappa shape index (κ1) is 9.06. The number of rotatable bonds is 4. The van der Waals surface area contributed by atoms with Crippen molar-refractivity contribution in [3.8, 4) is 5.88 Å². The van der Waals surface area contributed by atoms with E-state index in [9.17, 15) is 5.11 Å². The van der Waals surface area contributed by atoms with Crippen LogP contribution in [0, 0.1) is 5.92 Å². The zero-order valence-electron chi connectivity index (χ0n) is 7.32. The molecule has 68 valence electrons. The molecule has 4 nitrogen and oxygen atoms in total. The lowest BCUT2D eigenvalue weighted by Crippen LogP contribution is -2.23. The number of aromatic amines is 1. The molecule has 1 aromatic rings. The highest BCUT2D eigenvalue weighted by atomic mass is 16.6. The molecule has 0 fully saturated rings. The Labute approximate surface area is 71.6 Å². The van der Waals surface area contributed by atoms with E-state index in [1.54, 1.807) is 12.3 Å². The van der Waals surface area contributed by atoms with Crippen LogP contribution in [-0.4, -0.2) is 21.6 Å². The van der Waals surface area contributed by atoms with Crippen LogP contribution < -0.4 is 4.74 Å². The van der Waals surface area contributed by atoms with Crippen LogP contribution in [0.25, 0.3) is 0 Å². The maximum Gasteiger partial charge on any atom is 0.211 e. The Balaban J connectivity index is 2.41. The summed E-state index contributed by atoms with van der Waals surface area (Å²) in [5.41, 5.74) is 0. The molecule has 0 aliphatic rings. The van der Waals surface area contributed by atoms with Gasteiger partial charge in [-0.2, -0.15) is 5.10 Å². The van der Waals surface area contributed by atoms with Crippen molar-refractivity contribution in [2.75, 3.05) is 0 Å². The molecule has 0 aliphatic heterocycles. The summed E-state index contributed by atoms with van der Waals surface area (Å²) in [5.74, 6) is 0.635. The minimum Gasteiger partial charge on any atom is -0.448 e. The van der Waals surface area contributed by atoms with Crippen LogP contribution in [0.15, 0.2) is 12.3 Å². The predicted octanol–water partition coefficient (Wildman–Crippen LogP) is 1.15. The number of hydrogen-bond donors (Lipinski definition) is 2. The van der Waals surface area contributed by atoms with Gasteiger partial charge >= 0.3 is 0 Å². The van der Waals surface area contributed by atoms with E-state index >= 15 is 0 Å². The van der Waals surface area contributed by atoms with Crippen molar-refractivity contribution >= 4 is 0 Å². The first-order valence-corrected chi connectivity index (χ1v) is 4.08. The fourth-order valence-electron chi connectivity index (χ4n) is 0.757. The van der Waals surface area contributed by atoms with Crippen LogP contribution >= 0.6 is 0 Å². The van der Waals surface area contributed by atoms with Crippen LogP contribution in [-0.2, 0) is 0 Å². The lowest BCUT2D eigenvalue weighted by atomic mass is 10.1. The highest BCUT2D eigenvalue weighted by Crippen LogP contribution is 2.12. The fraction of sp³-hybridized carbons (Fsp3) is 0.625. The number of nitrogens with one attached hydrogen (secondary N) is 1. The third-order valence-electron chi connectivity index (χ3n) is 1.85. The smallest absolute Gasteiger partial charge is 0.211 e. The molecule has 1 heterocycles. The largest absolute Gasteiger partial charge is 0.448 e. The van der Waals surface area contributed by atoms with Gasteiger partial charge in [-0.25, -0.2) is 5.10 Å². The van der Waals surface area contributed by atoms with E-state index in [2.05, 4.69) is 10.2 Å². The van der Waals surface area contributed by atoms with Crippen molar-refractivity contribution in [3.63, 3.8) is 0 Å². The Hall–Kier alpha value is -1.03. The quantitative estimate of drug-likeness (QED) is 0.666. The highest BCUT2D eigenvalue weighted by Gasteiger charge is 2.13. The third-order valence-corrected chi connectivity index (χ3v) is 1.85. The second-order valence-electron chi connectivity index (χ2n) is 2.81. The molecule has 0 saturated carbocycles. The van der Waals surface area contributed by atoms with E-state index in [1.807, 2.05) is 13.8 Å². The van der Waals surface area contributed by atoms with Crippen molar-refractivity contribution in [1.82, 2.24) is 10.2 Å². The van der Waals surface area contributed by atoms with Gasteiger partial charge in [0, 0.05) is 12.0 Å². The Morgan fingerprint density at radius 3 is 3.00 bits per heavy atom. The van der Waals surface area contributed by atoms with Crippen molar-refractivity contribution in [2.24, 2.45) is 5.92 Å². The summed E-state index contributed by atoms with van der Waals surface area (Å²) in [4.78, 5) is 0. The van der Waals surface area contributed by atoms with Gasteiger partial charge in [0.15, 0.2) is 0 Å². The lowest BCUT2D eigenvalue weighted by molar-refractivity contribution is -0.0605. The fourth-order valence-corrected chi connectivity index (χ4v) is 0.757. The van der Waals surface area contributed by atoms with Crippen molar-refractivity contribution in [1.29, 1.82) is 0 Å². The molecular formula is C8H14N2O2. The van der Waals surface area contributed by atoms with Crippen molar-refractivity contribution in [2.45, 2.75) is 26.6 Å². The summed E-state index contributed by atoms with van der Waals surface area (Å²) in [7, 11) is 0. The van der Waals surface area contributed by atoms with Gasteiger partial charge in [0.05, 0.1) is 6.20 Å². The number of hydrogen-bond acceptors (Lipinski definition) is 3. The average Bonchev–Trinajstić information content (AvgIpc) is 2.55. The SMILES string of the molecule is CCC(C)C(O)Oc1ccn[nH]1. The van der Waals surface area contributed by atoms with Crippen molar-refractivity contribution in [3.05, 3.63) is 12.3 Å². The lowest BCUT2D eigenvalue weighted by Gasteiger charge is -2.16. The van der Waals surface area contributed by atoms with Gasteiger partial charge in [-0.1, -0.05) is 13.8 Å². The number of aliphatic hydroxyl groups excluding tert-OH is 1. The van der Waals surface area contributed by atoms with E-state index in [4.69, 9.17) is 4.74 Å². The molecule has 0 bridgehead atoms. The molecule has 2 atom stereocenters. The zero-order valence-corrected chi connectivity index (χ0v) is 7.32. The second kappa shape index (κ2) is 4.11. The van der Waals surface area contributed by atoms with Gasteiger partial charge in [0.25, 0.3) is 0 Å². The standard InChI is InChI=1S/C8H14N2O2/c1-3-6(2)8(11)12-7-4-5-9-10-7/h4-6,8,11H,3H2,1-2H3,(H,9,10). The monoisotopic (exact) mass is 170 g/mol. The Kier molecular flexibility index (Phi) is 3.10. The molecule has 0 spiro atoms. The summed E-state index contributed by atoms with van der Waals surface area (Å²) in [6.07, 6.45) is 1.71. The molecule has 0 saturated heterocycles. The van der Waals surface area contributed by atoms with Gasteiger partial charge < -0.3 is 9.84 Å². The summed E-state index contributed by atoms with van der Waals surface area (Å²) >= 11 is 0. The normalized spacial score (nSPS) is 15.6. The third kappa shape index (κ3) is 2.23. The summed E-state index contributed by atoms with van der Waals surface area (Å²) in [6, 6.07) is 1.67. The van der Waals surface area contributed by atoms with E-state index in [0.29, 0.717) is 5.88 Å². The molecule has 1 rings (SSSR count). The van der Waals surface area contributed by atoms with Crippen LogP contribution in [0.5, 0.6) is 5.88 Å². The van der Waals surface area contributed by atoms with Gasteiger partial charge in [0.1, 0.15) is 0 Å². The van der Waals surface area contributed by atoms with Gasteiger partial charge in [0.2, 0.25) is 12.2 Å². The number of aliphatic hydroxyl groups is 1. The highest BCUT2D eigenvalue weighted by molar-refractivity contribution is 5.04. The summed E-state index contributed by atoms with van der Waals surface area (Å²) < 4.78 is 5.14. The topological polar surface area (TPSA) is 58.1 Å². The average molecular weight is 170 g/mol. The minimum absolute atomic E-state index is 0.133. The van der Waals surface area contributed by atoms with Gasteiger partial charge in [-0.15, -0.1) is 0 Å². The molecule has 2 N–H and O–H groups in total. The van der Waals surface area contributed by atoms with E-state index in [0.717, 1.165) is 6.42 Å². The van der Waals surface area contributed by atoms with E-state index in [-0.39, 0.29) is 5.92 Å². The van der Waals surface area contributed by atoms with E-state index < -0.39 is 6.29 Å². The predicted molar refractivity (Wildman–Crippen MR) is 44.7 cm³/mol. The summed E-state index contributed by atoms with van der Waals surface area (Å²) in [6.45, 7) is 3.94. The number of H-pyrrole nitrogens is 1. The molecule has 2 unspecified atom stereocenters. The molecule has 12 heavy (non-hydrogen) atoms. The zero-order chi connectivity index (χ0) is 8.97. The first-order chi connectivity index (χ1) is 5.74. The van der Waals surface area contributed by atoms with Crippen LogP contribution in [0.2, 0.25) is 0 Å². The molecule has 0 amide bonds. The first-order valence-electron chi connectivity index (χ1n) is 4.08. The van der Waals surface area contributed by atoms with Crippen LogP contribution in [0.3, 0.4) is 0 Å². The van der Waals surface area contributed by atoms with Crippen molar-refractivity contribution < 1.29 is 9.84 Å². The number of ether oxygens (including phenoxy) is 1. The minimum atomic E-state index is -0.754. The Morgan fingerprint density at radius 2 is 2.50 bits per heavy atom. The number of aromatic nitrogens is 2. The van der Waals surface area contributed by atoms with Crippen LogP contribution in [0.1, 0.15) is 20.3 Å².